The first-order valence-electron chi connectivity index (χ1n) is 5.79. The lowest BCUT2D eigenvalue weighted by Gasteiger charge is -2.06. The van der Waals surface area contributed by atoms with Crippen molar-refractivity contribution in [2.24, 2.45) is 0 Å². The number of carbonyl (C=O) groups is 2. The molecule has 0 fully saturated rings. The number of hydrogen-bond donors (Lipinski definition) is 2. The van der Waals surface area contributed by atoms with Gasteiger partial charge >= 0.3 is 5.97 Å². The first-order valence-corrected chi connectivity index (χ1v) is 5.79. The minimum Gasteiger partial charge on any atom is -0.477 e. The average molecular weight is 274 g/mol. The Bertz CT molecular complexity index is 658. The maximum atomic E-state index is 13.4. The number of anilines is 1. The highest BCUT2D eigenvalue weighted by atomic mass is 19.1. The van der Waals surface area contributed by atoms with Crippen molar-refractivity contribution in [2.75, 3.05) is 5.32 Å². The first kappa shape index (κ1) is 13.7. The topological polar surface area (TPSA) is 79.3 Å². The molecule has 0 saturated carbocycles. The summed E-state index contributed by atoms with van der Waals surface area (Å²) in [5.74, 6) is -2.07. The number of halogens is 1. The van der Waals surface area contributed by atoms with Gasteiger partial charge in [-0.05, 0) is 23.8 Å². The lowest BCUT2D eigenvalue weighted by atomic mass is 10.1. The van der Waals surface area contributed by atoms with Crippen molar-refractivity contribution in [2.45, 2.75) is 6.42 Å². The van der Waals surface area contributed by atoms with Crippen molar-refractivity contribution in [1.82, 2.24) is 4.98 Å². The van der Waals surface area contributed by atoms with Gasteiger partial charge in [-0.3, -0.25) is 4.79 Å². The fourth-order valence-corrected chi connectivity index (χ4v) is 1.65. The molecule has 1 heterocycles. The molecule has 1 amide bonds. The number of carboxylic acids is 1. The summed E-state index contributed by atoms with van der Waals surface area (Å²) in [5, 5.41) is 11.3. The number of pyridine rings is 1. The highest BCUT2D eigenvalue weighted by Crippen LogP contribution is 2.11. The molecule has 6 heteroatoms. The zero-order valence-electron chi connectivity index (χ0n) is 10.3. The van der Waals surface area contributed by atoms with Crippen LogP contribution in [0.2, 0.25) is 0 Å². The van der Waals surface area contributed by atoms with E-state index in [9.17, 15) is 14.0 Å². The number of carboxylic acid groups (broad SMARTS) is 1. The van der Waals surface area contributed by atoms with E-state index < -0.39 is 17.7 Å². The molecule has 1 aromatic carbocycles. The Hall–Kier alpha value is -2.76. The number of amides is 1. The number of nitrogens with zero attached hydrogens (tertiary/aromatic N) is 1. The molecule has 0 spiro atoms. The molecule has 0 saturated heterocycles. The predicted molar refractivity (Wildman–Crippen MR) is 69.9 cm³/mol. The highest BCUT2D eigenvalue weighted by Gasteiger charge is 2.10. The molecule has 0 bridgehead atoms. The number of aromatic nitrogens is 1. The molecule has 0 unspecified atom stereocenters. The molecule has 102 valence electrons. The molecule has 0 aliphatic carbocycles. The predicted octanol–water partition coefficient (Wildman–Crippen LogP) is 2.10. The number of hydrogen-bond acceptors (Lipinski definition) is 3. The van der Waals surface area contributed by atoms with Gasteiger partial charge in [-0.25, -0.2) is 14.2 Å². The molecular weight excluding hydrogens is 263 g/mol. The van der Waals surface area contributed by atoms with E-state index in [1.54, 1.807) is 12.1 Å². The van der Waals surface area contributed by atoms with Crippen LogP contribution in [0, 0.1) is 5.82 Å². The lowest BCUT2D eigenvalue weighted by Crippen LogP contribution is -2.15. The Morgan fingerprint density at radius 3 is 2.70 bits per heavy atom. The van der Waals surface area contributed by atoms with E-state index in [4.69, 9.17) is 5.11 Å². The fraction of sp³-hybridized carbons (Fsp3) is 0.0714. The van der Waals surface area contributed by atoms with Crippen LogP contribution in [0.3, 0.4) is 0 Å². The third-order valence-corrected chi connectivity index (χ3v) is 2.57. The van der Waals surface area contributed by atoms with Crippen molar-refractivity contribution in [3.05, 3.63) is 59.7 Å². The van der Waals surface area contributed by atoms with E-state index in [1.807, 2.05) is 0 Å². The van der Waals surface area contributed by atoms with E-state index in [0.717, 1.165) is 0 Å². The molecule has 0 aliphatic rings. The second-order valence-electron chi connectivity index (χ2n) is 4.05. The van der Waals surface area contributed by atoms with Crippen LogP contribution in [0.25, 0.3) is 0 Å². The summed E-state index contributed by atoms with van der Waals surface area (Å²) >= 11 is 0. The smallest absolute Gasteiger partial charge is 0.354 e. The summed E-state index contributed by atoms with van der Waals surface area (Å²) in [6.07, 6.45) is 1.15. The van der Waals surface area contributed by atoms with E-state index >= 15 is 0 Å². The standard InChI is InChI=1S/C14H11FN2O3/c15-11-4-2-1-3-9(11)7-13(18)17-10-5-6-16-12(8-10)14(19)20/h1-6,8H,7H2,(H,19,20)(H,16,17,18). The SMILES string of the molecule is O=C(Cc1ccccc1F)Nc1ccnc(C(=O)O)c1. The minimum absolute atomic E-state index is 0.128. The van der Waals surface area contributed by atoms with E-state index in [2.05, 4.69) is 10.3 Å². The summed E-state index contributed by atoms with van der Waals surface area (Å²) in [4.78, 5) is 26.2. The molecule has 0 radical (unpaired) electrons. The van der Waals surface area contributed by atoms with Gasteiger partial charge in [-0.1, -0.05) is 18.2 Å². The Kier molecular flexibility index (Phi) is 4.05. The van der Waals surface area contributed by atoms with Crippen LogP contribution in [-0.2, 0) is 11.2 Å². The summed E-state index contributed by atoms with van der Waals surface area (Å²) in [7, 11) is 0. The maximum Gasteiger partial charge on any atom is 0.354 e. The molecule has 2 aromatic rings. The minimum atomic E-state index is -1.18. The quantitative estimate of drug-likeness (QED) is 0.894. The lowest BCUT2D eigenvalue weighted by molar-refractivity contribution is -0.115. The monoisotopic (exact) mass is 274 g/mol. The van der Waals surface area contributed by atoms with Crippen LogP contribution < -0.4 is 5.32 Å². The van der Waals surface area contributed by atoms with Crippen LogP contribution in [0.1, 0.15) is 16.1 Å². The number of rotatable bonds is 4. The molecule has 2 rings (SSSR count). The Morgan fingerprint density at radius 1 is 1.25 bits per heavy atom. The molecule has 1 aromatic heterocycles. The zero-order chi connectivity index (χ0) is 14.5. The van der Waals surface area contributed by atoms with Crippen molar-refractivity contribution >= 4 is 17.6 Å². The van der Waals surface area contributed by atoms with Gasteiger partial charge in [0.1, 0.15) is 11.5 Å². The van der Waals surface area contributed by atoms with Gasteiger partial charge in [0.15, 0.2) is 0 Å². The second-order valence-corrected chi connectivity index (χ2v) is 4.05. The number of benzene rings is 1. The summed E-state index contributed by atoms with van der Waals surface area (Å²) < 4.78 is 13.4. The summed E-state index contributed by atoms with van der Waals surface area (Å²) in [5.41, 5.74) is 0.407. The molecule has 5 nitrogen and oxygen atoms in total. The van der Waals surface area contributed by atoms with Gasteiger partial charge in [0, 0.05) is 11.9 Å². The van der Waals surface area contributed by atoms with E-state index in [0.29, 0.717) is 5.69 Å². The molecule has 2 N–H and O–H groups in total. The Morgan fingerprint density at radius 2 is 2.00 bits per heavy atom. The summed E-state index contributed by atoms with van der Waals surface area (Å²) in [6, 6.07) is 8.68. The van der Waals surface area contributed by atoms with Crippen LogP contribution in [0.15, 0.2) is 42.6 Å². The van der Waals surface area contributed by atoms with E-state index in [1.165, 1.54) is 30.5 Å². The molecule has 0 aliphatic heterocycles. The normalized spacial score (nSPS) is 10.1. The zero-order valence-corrected chi connectivity index (χ0v) is 10.3. The first-order chi connectivity index (χ1) is 9.56. The van der Waals surface area contributed by atoms with Crippen LogP contribution >= 0.6 is 0 Å². The van der Waals surface area contributed by atoms with Crippen LogP contribution in [0.5, 0.6) is 0 Å². The molecule has 0 atom stereocenters. The van der Waals surface area contributed by atoms with Gasteiger partial charge < -0.3 is 10.4 Å². The molecular formula is C14H11FN2O3. The molecule has 20 heavy (non-hydrogen) atoms. The fourth-order valence-electron chi connectivity index (χ4n) is 1.65. The number of carbonyl (C=O) groups excluding carboxylic acids is 1. The van der Waals surface area contributed by atoms with Gasteiger partial charge in [-0.15, -0.1) is 0 Å². The third kappa shape index (κ3) is 3.38. The van der Waals surface area contributed by atoms with Gasteiger partial charge in [0.25, 0.3) is 0 Å². The van der Waals surface area contributed by atoms with Crippen molar-refractivity contribution in [3.63, 3.8) is 0 Å². The van der Waals surface area contributed by atoms with Crippen LogP contribution in [0.4, 0.5) is 10.1 Å². The third-order valence-electron chi connectivity index (χ3n) is 2.57. The van der Waals surface area contributed by atoms with Crippen molar-refractivity contribution in [3.8, 4) is 0 Å². The summed E-state index contributed by atoms with van der Waals surface area (Å²) in [6.45, 7) is 0. The van der Waals surface area contributed by atoms with E-state index in [-0.39, 0.29) is 17.7 Å². The average Bonchev–Trinajstić information content (AvgIpc) is 2.41. The second kappa shape index (κ2) is 5.92. The number of nitrogens with one attached hydrogen (secondary N) is 1. The largest absolute Gasteiger partial charge is 0.477 e. The number of aromatic carboxylic acids is 1. The van der Waals surface area contributed by atoms with Crippen LogP contribution in [-0.4, -0.2) is 22.0 Å². The van der Waals surface area contributed by atoms with Crippen molar-refractivity contribution < 1.29 is 19.1 Å². The Labute approximate surface area is 114 Å². The van der Waals surface area contributed by atoms with Gasteiger partial charge in [0.2, 0.25) is 5.91 Å². The van der Waals surface area contributed by atoms with Gasteiger partial charge in [0.05, 0.1) is 6.42 Å². The highest BCUT2D eigenvalue weighted by molar-refractivity contribution is 5.94. The maximum absolute atomic E-state index is 13.4. The van der Waals surface area contributed by atoms with Crippen molar-refractivity contribution in [1.29, 1.82) is 0 Å². The van der Waals surface area contributed by atoms with Gasteiger partial charge in [-0.2, -0.15) is 0 Å². The Balaban J connectivity index is 2.07.